The molecule has 2 nitrogen and oxygen atoms in total. The highest BCUT2D eigenvalue weighted by Crippen LogP contribution is 2.38. The van der Waals surface area contributed by atoms with Gasteiger partial charge in [-0.25, -0.2) is 0 Å². The SMILES string of the molecule is c1ccc(-c2cccc(N(c3ccccc3)c3ccc4ccc(-c5cnc6ccccc6c5)cc4c3)c2)cc1. The van der Waals surface area contributed by atoms with Gasteiger partial charge in [-0.15, -0.1) is 0 Å². The van der Waals surface area contributed by atoms with Crippen molar-refractivity contribution >= 4 is 38.7 Å². The molecule has 0 saturated carbocycles. The highest BCUT2D eigenvalue weighted by molar-refractivity contribution is 5.93. The van der Waals surface area contributed by atoms with Crippen LogP contribution in [-0.4, -0.2) is 4.98 Å². The Kier molecular flexibility index (Phi) is 5.84. The first kappa shape index (κ1) is 22.9. The largest absolute Gasteiger partial charge is 0.310 e. The molecule has 0 aliphatic heterocycles. The van der Waals surface area contributed by atoms with E-state index in [-0.39, 0.29) is 0 Å². The van der Waals surface area contributed by atoms with Gasteiger partial charge < -0.3 is 4.90 Å². The summed E-state index contributed by atoms with van der Waals surface area (Å²) in [6, 6.07) is 53.7. The quantitative estimate of drug-likeness (QED) is 0.235. The van der Waals surface area contributed by atoms with Gasteiger partial charge in [0, 0.05) is 34.2 Å². The van der Waals surface area contributed by atoms with Gasteiger partial charge in [0.05, 0.1) is 5.52 Å². The number of pyridine rings is 1. The molecule has 0 N–H and O–H groups in total. The van der Waals surface area contributed by atoms with E-state index in [1.165, 1.54) is 21.9 Å². The smallest absolute Gasteiger partial charge is 0.0702 e. The lowest BCUT2D eigenvalue weighted by Gasteiger charge is -2.26. The van der Waals surface area contributed by atoms with Gasteiger partial charge in [0.15, 0.2) is 0 Å². The number of anilines is 3. The monoisotopic (exact) mass is 498 g/mol. The maximum Gasteiger partial charge on any atom is 0.0702 e. The summed E-state index contributed by atoms with van der Waals surface area (Å²) >= 11 is 0. The molecule has 6 aromatic carbocycles. The van der Waals surface area contributed by atoms with E-state index in [0.717, 1.165) is 39.1 Å². The minimum atomic E-state index is 1.01. The summed E-state index contributed by atoms with van der Waals surface area (Å²) < 4.78 is 0. The van der Waals surface area contributed by atoms with E-state index in [9.17, 15) is 0 Å². The molecule has 0 aliphatic rings. The van der Waals surface area contributed by atoms with Gasteiger partial charge in [0.2, 0.25) is 0 Å². The molecule has 2 heteroatoms. The van der Waals surface area contributed by atoms with Gasteiger partial charge in [0.1, 0.15) is 0 Å². The highest BCUT2D eigenvalue weighted by Gasteiger charge is 2.14. The predicted octanol–water partition coefficient (Wildman–Crippen LogP) is 10.2. The molecular formula is C37H26N2. The summed E-state index contributed by atoms with van der Waals surface area (Å²) in [4.78, 5) is 7.02. The summed E-state index contributed by atoms with van der Waals surface area (Å²) in [6.07, 6.45) is 1.97. The number of benzene rings is 6. The first-order valence-electron chi connectivity index (χ1n) is 13.2. The van der Waals surface area contributed by atoms with Crippen molar-refractivity contribution in [3.05, 3.63) is 158 Å². The Labute approximate surface area is 228 Å². The number of rotatable bonds is 5. The molecule has 0 aliphatic carbocycles. The third-order valence-electron chi connectivity index (χ3n) is 7.23. The average Bonchev–Trinajstić information content (AvgIpc) is 3.02. The van der Waals surface area contributed by atoms with Gasteiger partial charge in [-0.05, 0) is 82.1 Å². The first-order chi connectivity index (χ1) is 19.3. The van der Waals surface area contributed by atoms with Crippen LogP contribution >= 0.6 is 0 Å². The predicted molar refractivity (Wildman–Crippen MR) is 165 cm³/mol. The fraction of sp³-hybridized carbons (Fsp3) is 0. The Morgan fingerprint density at radius 1 is 0.359 bits per heavy atom. The Bertz CT molecular complexity index is 1910. The molecule has 1 aromatic heterocycles. The molecule has 0 spiro atoms. The van der Waals surface area contributed by atoms with Crippen LogP contribution < -0.4 is 4.90 Å². The highest BCUT2D eigenvalue weighted by atomic mass is 15.1. The molecule has 0 unspecified atom stereocenters. The second kappa shape index (κ2) is 9.92. The van der Waals surface area contributed by atoms with E-state index in [2.05, 4.69) is 155 Å². The van der Waals surface area contributed by atoms with Crippen LogP contribution in [0.25, 0.3) is 43.9 Å². The zero-order valence-corrected chi connectivity index (χ0v) is 21.4. The minimum absolute atomic E-state index is 1.01. The molecule has 0 radical (unpaired) electrons. The third-order valence-corrected chi connectivity index (χ3v) is 7.23. The van der Waals surface area contributed by atoms with Crippen LogP contribution in [0.15, 0.2) is 158 Å². The second-order valence-corrected chi connectivity index (χ2v) is 9.75. The molecule has 0 atom stereocenters. The fourth-order valence-electron chi connectivity index (χ4n) is 5.26. The maximum absolute atomic E-state index is 4.69. The van der Waals surface area contributed by atoms with Crippen LogP contribution in [0.1, 0.15) is 0 Å². The second-order valence-electron chi connectivity index (χ2n) is 9.75. The average molecular weight is 499 g/mol. The number of fused-ring (bicyclic) bond motifs is 2. The summed E-state index contributed by atoms with van der Waals surface area (Å²) in [5, 5.41) is 3.55. The lowest BCUT2D eigenvalue weighted by molar-refractivity contribution is 1.29. The number of nitrogens with zero attached hydrogens (tertiary/aromatic N) is 2. The van der Waals surface area contributed by atoms with E-state index in [1.54, 1.807) is 0 Å². The van der Waals surface area contributed by atoms with Crippen molar-refractivity contribution in [1.82, 2.24) is 4.98 Å². The van der Waals surface area contributed by atoms with Crippen molar-refractivity contribution in [2.75, 3.05) is 4.90 Å². The Hall–Kier alpha value is -5.21. The molecule has 7 rings (SSSR count). The molecular weight excluding hydrogens is 472 g/mol. The Morgan fingerprint density at radius 3 is 1.87 bits per heavy atom. The van der Waals surface area contributed by atoms with Crippen LogP contribution in [0.4, 0.5) is 17.1 Å². The summed E-state index contributed by atoms with van der Waals surface area (Å²) in [5.41, 5.74) is 9.06. The van der Waals surface area contributed by atoms with Crippen molar-refractivity contribution in [3.8, 4) is 22.3 Å². The van der Waals surface area contributed by atoms with Gasteiger partial charge in [-0.2, -0.15) is 0 Å². The molecule has 0 fully saturated rings. The molecule has 0 amide bonds. The molecule has 1 heterocycles. The molecule has 184 valence electrons. The van der Waals surface area contributed by atoms with Gasteiger partial charge in [-0.3, -0.25) is 4.98 Å². The third kappa shape index (κ3) is 4.54. The first-order valence-corrected chi connectivity index (χ1v) is 13.2. The minimum Gasteiger partial charge on any atom is -0.310 e. The molecule has 7 aromatic rings. The number of aromatic nitrogens is 1. The number of hydrogen-bond acceptors (Lipinski definition) is 2. The Morgan fingerprint density at radius 2 is 1.00 bits per heavy atom. The standard InChI is InChI=1S/C37H26N2/c1-3-10-27(11-4-1)29-13-9-16-35(24-29)39(34-14-5-2-6-15-34)36-21-20-28-18-19-30(22-32(28)25-36)33-23-31-12-7-8-17-37(31)38-26-33/h1-26H. The van der Waals surface area contributed by atoms with E-state index >= 15 is 0 Å². The molecule has 39 heavy (non-hydrogen) atoms. The molecule has 0 bridgehead atoms. The van der Waals surface area contributed by atoms with E-state index in [1.807, 2.05) is 12.3 Å². The maximum atomic E-state index is 4.69. The lowest BCUT2D eigenvalue weighted by atomic mass is 10.00. The Balaban J connectivity index is 1.34. The van der Waals surface area contributed by atoms with Crippen LogP contribution in [0.3, 0.4) is 0 Å². The van der Waals surface area contributed by atoms with Crippen molar-refractivity contribution in [2.24, 2.45) is 0 Å². The van der Waals surface area contributed by atoms with Crippen molar-refractivity contribution in [2.45, 2.75) is 0 Å². The van der Waals surface area contributed by atoms with E-state index in [4.69, 9.17) is 0 Å². The zero-order valence-electron chi connectivity index (χ0n) is 21.4. The lowest BCUT2D eigenvalue weighted by Crippen LogP contribution is -2.09. The van der Waals surface area contributed by atoms with Gasteiger partial charge in [0.25, 0.3) is 0 Å². The van der Waals surface area contributed by atoms with Crippen LogP contribution in [0.2, 0.25) is 0 Å². The van der Waals surface area contributed by atoms with E-state index < -0.39 is 0 Å². The van der Waals surface area contributed by atoms with Gasteiger partial charge in [-0.1, -0.05) is 97.1 Å². The van der Waals surface area contributed by atoms with Crippen LogP contribution in [0.5, 0.6) is 0 Å². The van der Waals surface area contributed by atoms with Crippen LogP contribution in [0, 0.1) is 0 Å². The summed E-state index contributed by atoms with van der Waals surface area (Å²) in [5.74, 6) is 0. The number of para-hydroxylation sites is 2. The van der Waals surface area contributed by atoms with Crippen molar-refractivity contribution in [3.63, 3.8) is 0 Å². The van der Waals surface area contributed by atoms with Crippen molar-refractivity contribution < 1.29 is 0 Å². The fourth-order valence-corrected chi connectivity index (χ4v) is 5.26. The summed E-state index contributed by atoms with van der Waals surface area (Å²) in [7, 11) is 0. The van der Waals surface area contributed by atoms with Crippen molar-refractivity contribution in [1.29, 1.82) is 0 Å². The topological polar surface area (TPSA) is 16.1 Å². The molecule has 0 saturated heterocycles. The van der Waals surface area contributed by atoms with Gasteiger partial charge >= 0.3 is 0 Å². The normalized spacial score (nSPS) is 11.1. The van der Waals surface area contributed by atoms with Crippen LogP contribution in [-0.2, 0) is 0 Å². The summed E-state index contributed by atoms with van der Waals surface area (Å²) in [6.45, 7) is 0. The zero-order chi connectivity index (χ0) is 26.0. The van der Waals surface area contributed by atoms with E-state index in [0.29, 0.717) is 0 Å². The number of hydrogen-bond donors (Lipinski definition) is 0.